The summed E-state index contributed by atoms with van der Waals surface area (Å²) in [5.74, 6) is 0.401. The summed E-state index contributed by atoms with van der Waals surface area (Å²) >= 11 is 12.0. The molecule has 0 bridgehead atoms. The van der Waals surface area contributed by atoms with E-state index in [1.807, 2.05) is 19.9 Å². The highest BCUT2D eigenvalue weighted by molar-refractivity contribution is 6.44. The third-order valence-corrected chi connectivity index (χ3v) is 4.03. The average Bonchev–Trinajstić information content (AvgIpc) is 2.52. The minimum absolute atomic E-state index is 0.0979. The number of rotatable bonds is 5. The van der Waals surface area contributed by atoms with Crippen LogP contribution in [0.15, 0.2) is 42.5 Å². The van der Waals surface area contributed by atoms with Crippen molar-refractivity contribution < 1.29 is 9.53 Å². The van der Waals surface area contributed by atoms with Crippen molar-refractivity contribution in [2.24, 2.45) is 0 Å². The van der Waals surface area contributed by atoms with Gasteiger partial charge in [-0.25, -0.2) is 0 Å². The third kappa shape index (κ3) is 4.15. The molecule has 1 unspecified atom stereocenters. The molecular formula is C17H17Cl2NO2. The maximum Gasteiger partial charge on any atom is 0.255 e. The summed E-state index contributed by atoms with van der Waals surface area (Å²) in [5.41, 5.74) is 0.976. The van der Waals surface area contributed by atoms with Gasteiger partial charge in [-0.05, 0) is 43.7 Å². The first-order valence-corrected chi connectivity index (χ1v) is 7.79. The van der Waals surface area contributed by atoms with Gasteiger partial charge in [0.05, 0.1) is 21.8 Å². The number of anilines is 1. The Hall–Kier alpha value is -1.71. The van der Waals surface area contributed by atoms with Gasteiger partial charge in [0.15, 0.2) is 0 Å². The standard InChI is InChI=1S/C17H17Cl2NO2/c1-3-11(2)22-13-7-4-6-12(10-13)17(21)20-15-9-5-8-14(18)16(15)19/h4-11H,3H2,1-2H3,(H,20,21). The summed E-state index contributed by atoms with van der Waals surface area (Å²) in [7, 11) is 0. The van der Waals surface area contributed by atoms with Gasteiger partial charge in [-0.2, -0.15) is 0 Å². The summed E-state index contributed by atoms with van der Waals surface area (Å²) < 4.78 is 5.72. The highest BCUT2D eigenvalue weighted by Gasteiger charge is 2.11. The predicted molar refractivity (Wildman–Crippen MR) is 91.2 cm³/mol. The van der Waals surface area contributed by atoms with Gasteiger partial charge in [0.2, 0.25) is 0 Å². The van der Waals surface area contributed by atoms with Crippen LogP contribution in [0.2, 0.25) is 10.0 Å². The van der Waals surface area contributed by atoms with Gasteiger partial charge in [0.1, 0.15) is 5.75 Å². The Morgan fingerprint density at radius 2 is 1.95 bits per heavy atom. The minimum Gasteiger partial charge on any atom is -0.491 e. The molecule has 0 heterocycles. The number of benzene rings is 2. The van der Waals surface area contributed by atoms with Crippen LogP contribution in [0.1, 0.15) is 30.6 Å². The lowest BCUT2D eigenvalue weighted by molar-refractivity contribution is 0.102. The number of halogens is 2. The van der Waals surface area contributed by atoms with Crippen molar-refractivity contribution >= 4 is 34.8 Å². The Kier molecular flexibility index (Phi) is 5.69. The van der Waals surface area contributed by atoms with Crippen LogP contribution in [0.3, 0.4) is 0 Å². The average molecular weight is 338 g/mol. The van der Waals surface area contributed by atoms with E-state index in [9.17, 15) is 4.79 Å². The van der Waals surface area contributed by atoms with E-state index in [0.29, 0.717) is 27.0 Å². The zero-order chi connectivity index (χ0) is 16.1. The van der Waals surface area contributed by atoms with Crippen LogP contribution in [0.4, 0.5) is 5.69 Å². The van der Waals surface area contributed by atoms with E-state index in [0.717, 1.165) is 6.42 Å². The second kappa shape index (κ2) is 7.52. The molecule has 0 spiro atoms. The Bertz CT molecular complexity index is 673. The first-order chi connectivity index (χ1) is 10.5. The van der Waals surface area contributed by atoms with Crippen molar-refractivity contribution in [2.75, 3.05) is 5.32 Å². The Labute approximate surface area is 140 Å². The van der Waals surface area contributed by atoms with Crippen LogP contribution >= 0.6 is 23.2 Å². The van der Waals surface area contributed by atoms with Gasteiger partial charge in [-0.3, -0.25) is 4.79 Å². The van der Waals surface area contributed by atoms with Gasteiger partial charge >= 0.3 is 0 Å². The smallest absolute Gasteiger partial charge is 0.255 e. The van der Waals surface area contributed by atoms with Crippen LogP contribution in [0, 0.1) is 0 Å². The molecule has 0 aliphatic carbocycles. The molecule has 0 saturated heterocycles. The second-order valence-electron chi connectivity index (χ2n) is 4.92. The normalized spacial score (nSPS) is 11.8. The summed E-state index contributed by atoms with van der Waals surface area (Å²) in [6.45, 7) is 4.03. The molecule has 22 heavy (non-hydrogen) atoms. The van der Waals surface area contributed by atoms with E-state index >= 15 is 0 Å². The molecule has 0 aliphatic heterocycles. The zero-order valence-corrected chi connectivity index (χ0v) is 13.9. The highest BCUT2D eigenvalue weighted by atomic mass is 35.5. The zero-order valence-electron chi connectivity index (χ0n) is 12.4. The van der Waals surface area contributed by atoms with Gasteiger partial charge in [-0.1, -0.05) is 42.3 Å². The molecule has 116 valence electrons. The van der Waals surface area contributed by atoms with Crippen molar-refractivity contribution in [3.8, 4) is 5.75 Å². The molecule has 2 rings (SSSR count). The summed E-state index contributed by atoms with van der Waals surface area (Å²) in [6.07, 6.45) is 0.995. The highest BCUT2D eigenvalue weighted by Crippen LogP contribution is 2.30. The molecule has 2 aromatic carbocycles. The van der Waals surface area contributed by atoms with Gasteiger partial charge < -0.3 is 10.1 Å². The Morgan fingerprint density at radius 1 is 1.23 bits per heavy atom. The number of carbonyl (C=O) groups excluding carboxylic acids is 1. The molecule has 5 heteroatoms. The molecule has 1 amide bonds. The lowest BCUT2D eigenvalue weighted by atomic mass is 10.2. The molecule has 3 nitrogen and oxygen atoms in total. The maximum atomic E-state index is 12.3. The molecule has 0 fully saturated rings. The fraction of sp³-hybridized carbons (Fsp3) is 0.235. The van der Waals surface area contributed by atoms with Gasteiger partial charge in [-0.15, -0.1) is 0 Å². The van der Waals surface area contributed by atoms with Gasteiger partial charge in [0.25, 0.3) is 5.91 Å². The molecule has 0 radical (unpaired) electrons. The topological polar surface area (TPSA) is 38.3 Å². The second-order valence-corrected chi connectivity index (χ2v) is 5.71. The van der Waals surface area contributed by atoms with E-state index in [1.54, 1.807) is 36.4 Å². The van der Waals surface area contributed by atoms with E-state index in [1.165, 1.54) is 0 Å². The SMILES string of the molecule is CCC(C)Oc1cccc(C(=O)Nc2cccc(Cl)c2Cl)c1. The van der Waals surface area contributed by atoms with Gasteiger partial charge in [0, 0.05) is 5.56 Å². The van der Waals surface area contributed by atoms with Crippen LogP contribution < -0.4 is 10.1 Å². The Morgan fingerprint density at radius 3 is 2.68 bits per heavy atom. The fourth-order valence-electron chi connectivity index (χ4n) is 1.82. The van der Waals surface area contributed by atoms with Crippen LogP contribution in [-0.4, -0.2) is 12.0 Å². The van der Waals surface area contributed by atoms with Crippen LogP contribution in [-0.2, 0) is 0 Å². The largest absolute Gasteiger partial charge is 0.491 e. The number of hydrogen-bond acceptors (Lipinski definition) is 2. The van der Waals surface area contributed by atoms with Crippen molar-refractivity contribution in [1.82, 2.24) is 0 Å². The number of amides is 1. The van der Waals surface area contributed by atoms with Crippen molar-refractivity contribution in [2.45, 2.75) is 26.4 Å². The summed E-state index contributed by atoms with van der Waals surface area (Å²) in [6, 6.07) is 12.1. The number of nitrogens with one attached hydrogen (secondary N) is 1. The van der Waals surface area contributed by atoms with E-state index < -0.39 is 0 Å². The summed E-state index contributed by atoms with van der Waals surface area (Å²) in [4.78, 5) is 12.3. The van der Waals surface area contributed by atoms with Crippen molar-refractivity contribution in [1.29, 1.82) is 0 Å². The lowest BCUT2D eigenvalue weighted by Gasteiger charge is -2.13. The van der Waals surface area contributed by atoms with Crippen molar-refractivity contribution in [3.63, 3.8) is 0 Å². The van der Waals surface area contributed by atoms with Crippen LogP contribution in [0.25, 0.3) is 0 Å². The van der Waals surface area contributed by atoms with E-state index in [-0.39, 0.29) is 12.0 Å². The van der Waals surface area contributed by atoms with Crippen LogP contribution in [0.5, 0.6) is 5.75 Å². The Balaban J connectivity index is 2.16. The van der Waals surface area contributed by atoms with E-state index in [2.05, 4.69) is 5.32 Å². The molecule has 0 aromatic heterocycles. The molecule has 0 aliphatic rings. The number of hydrogen-bond donors (Lipinski definition) is 1. The minimum atomic E-state index is -0.265. The molecule has 1 N–H and O–H groups in total. The monoisotopic (exact) mass is 337 g/mol. The molecular weight excluding hydrogens is 321 g/mol. The molecule has 0 saturated carbocycles. The first kappa shape index (κ1) is 16.7. The third-order valence-electron chi connectivity index (χ3n) is 3.21. The van der Waals surface area contributed by atoms with Crippen molar-refractivity contribution in [3.05, 3.63) is 58.1 Å². The quantitative estimate of drug-likeness (QED) is 0.790. The lowest BCUT2D eigenvalue weighted by Crippen LogP contribution is -2.13. The molecule has 2 aromatic rings. The number of carbonyl (C=O) groups is 1. The first-order valence-electron chi connectivity index (χ1n) is 7.03. The number of ether oxygens (including phenoxy) is 1. The fourth-order valence-corrected chi connectivity index (χ4v) is 2.17. The van der Waals surface area contributed by atoms with E-state index in [4.69, 9.17) is 27.9 Å². The summed E-state index contributed by atoms with van der Waals surface area (Å²) in [5, 5.41) is 3.47. The predicted octanol–water partition coefficient (Wildman–Crippen LogP) is 5.42. The molecule has 1 atom stereocenters. The maximum absolute atomic E-state index is 12.3.